The first-order valence-electron chi connectivity index (χ1n) is 5.79. The van der Waals surface area contributed by atoms with Gasteiger partial charge >= 0.3 is 0 Å². The Kier molecular flexibility index (Phi) is 5.40. The van der Waals surface area contributed by atoms with Crippen LogP contribution in [0.3, 0.4) is 0 Å². The Morgan fingerprint density at radius 1 is 1.25 bits per heavy atom. The number of non-ortho nitro benzene ring substituents is 1. The molecule has 0 saturated carbocycles. The normalized spacial score (nSPS) is 12.2. The second-order valence-corrected chi connectivity index (χ2v) is 6.89. The van der Waals surface area contributed by atoms with Gasteiger partial charge in [0.15, 0.2) is 0 Å². The van der Waals surface area contributed by atoms with Gasteiger partial charge < -0.3 is 0 Å². The highest BCUT2D eigenvalue weighted by atomic mass is 127. The Hall–Kier alpha value is -0.660. The zero-order chi connectivity index (χ0) is 14.7. The Morgan fingerprint density at radius 3 is 2.50 bits per heavy atom. The molecular weight excluding hydrogens is 456 g/mol. The number of hydrogen-bond donors (Lipinski definition) is 0. The predicted molar refractivity (Wildman–Crippen MR) is 92.3 cm³/mol. The number of hydrogen-bond acceptors (Lipinski definition) is 2. The molecule has 2 aromatic rings. The van der Waals surface area contributed by atoms with E-state index < -0.39 is 4.92 Å². The molecule has 0 heterocycles. The van der Waals surface area contributed by atoms with Crippen LogP contribution in [0, 0.1) is 13.7 Å². The monoisotopic (exact) mass is 465 g/mol. The van der Waals surface area contributed by atoms with Crippen LogP contribution in [-0.2, 0) is 6.42 Å². The van der Waals surface area contributed by atoms with Crippen LogP contribution < -0.4 is 0 Å². The van der Waals surface area contributed by atoms with Gasteiger partial charge in [-0.1, -0.05) is 28.1 Å². The third-order valence-electron chi connectivity index (χ3n) is 2.86. The molecule has 0 amide bonds. The maximum Gasteiger partial charge on any atom is 0.269 e. The summed E-state index contributed by atoms with van der Waals surface area (Å²) in [7, 11) is 0. The Labute approximate surface area is 143 Å². The highest BCUT2D eigenvalue weighted by Gasteiger charge is 2.14. The fourth-order valence-electron chi connectivity index (χ4n) is 1.83. The van der Waals surface area contributed by atoms with Crippen molar-refractivity contribution in [3.8, 4) is 0 Å². The summed E-state index contributed by atoms with van der Waals surface area (Å²) in [6.07, 6.45) is 0.623. The summed E-state index contributed by atoms with van der Waals surface area (Å²) in [5.74, 6) is 0. The van der Waals surface area contributed by atoms with E-state index in [0.717, 1.165) is 19.2 Å². The second-order valence-electron chi connectivity index (χ2n) is 4.26. The van der Waals surface area contributed by atoms with E-state index in [1.807, 2.05) is 18.2 Å². The number of rotatable bonds is 4. The van der Waals surface area contributed by atoms with E-state index >= 15 is 0 Å². The van der Waals surface area contributed by atoms with Crippen molar-refractivity contribution in [3.63, 3.8) is 0 Å². The van der Waals surface area contributed by atoms with Gasteiger partial charge in [0.05, 0.1) is 10.3 Å². The molecule has 1 unspecified atom stereocenters. The molecule has 6 heteroatoms. The van der Waals surface area contributed by atoms with Gasteiger partial charge in [-0.15, -0.1) is 11.6 Å². The lowest BCUT2D eigenvalue weighted by Gasteiger charge is -2.12. The van der Waals surface area contributed by atoms with Crippen LogP contribution in [0.1, 0.15) is 16.5 Å². The number of alkyl halides is 1. The number of nitro benzene ring substituents is 1. The molecule has 0 N–H and O–H groups in total. The van der Waals surface area contributed by atoms with Gasteiger partial charge in [-0.05, 0) is 58.3 Å². The summed E-state index contributed by atoms with van der Waals surface area (Å²) in [6.45, 7) is 0. The second kappa shape index (κ2) is 6.87. The van der Waals surface area contributed by atoms with Gasteiger partial charge in [0, 0.05) is 20.2 Å². The van der Waals surface area contributed by atoms with E-state index in [1.165, 1.54) is 12.1 Å². The molecule has 3 nitrogen and oxygen atoms in total. The highest BCUT2D eigenvalue weighted by Crippen LogP contribution is 2.32. The molecular formula is C14H10BrClINO2. The molecule has 0 aliphatic rings. The maximum atomic E-state index is 10.6. The van der Waals surface area contributed by atoms with E-state index in [-0.39, 0.29) is 11.1 Å². The third kappa shape index (κ3) is 3.93. The lowest BCUT2D eigenvalue weighted by atomic mass is 10.0. The fourth-order valence-corrected chi connectivity index (χ4v) is 3.35. The number of nitrogens with zero attached hydrogens (tertiary/aromatic N) is 1. The summed E-state index contributed by atoms with van der Waals surface area (Å²) in [6, 6.07) is 12.5. The minimum atomic E-state index is -0.405. The lowest BCUT2D eigenvalue weighted by molar-refractivity contribution is -0.384. The van der Waals surface area contributed by atoms with E-state index in [0.29, 0.717) is 6.42 Å². The molecule has 0 fully saturated rings. The highest BCUT2D eigenvalue weighted by molar-refractivity contribution is 14.1. The SMILES string of the molecule is O=[N+]([O-])c1ccc(CC(Cl)c2cc(I)ccc2Br)cc1. The molecule has 0 bridgehead atoms. The molecule has 0 aliphatic heterocycles. The van der Waals surface area contributed by atoms with Crippen molar-refractivity contribution in [2.75, 3.05) is 0 Å². The summed E-state index contributed by atoms with van der Waals surface area (Å²) >= 11 is 12.2. The van der Waals surface area contributed by atoms with Crippen LogP contribution in [0.5, 0.6) is 0 Å². The van der Waals surface area contributed by atoms with Gasteiger partial charge in [0.25, 0.3) is 5.69 Å². The molecule has 1 atom stereocenters. The first-order chi connectivity index (χ1) is 9.47. The van der Waals surface area contributed by atoms with Crippen molar-refractivity contribution in [2.24, 2.45) is 0 Å². The van der Waals surface area contributed by atoms with E-state index in [4.69, 9.17) is 11.6 Å². The van der Waals surface area contributed by atoms with E-state index in [1.54, 1.807) is 12.1 Å². The molecule has 0 saturated heterocycles. The Morgan fingerprint density at radius 2 is 1.90 bits per heavy atom. The molecule has 104 valence electrons. The molecule has 0 radical (unpaired) electrons. The maximum absolute atomic E-state index is 10.6. The Bertz CT molecular complexity index is 634. The average Bonchev–Trinajstić information content (AvgIpc) is 2.42. The minimum absolute atomic E-state index is 0.0929. The summed E-state index contributed by atoms with van der Waals surface area (Å²) in [5, 5.41) is 10.4. The van der Waals surface area contributed by atoms with Crippen LogP contribution in [0.25, 0.3) is 0 Å². The standard InChI is InChI=1S/C14H10BrClINO2/c15-13-6-3-10(17)8-12(13)14(16)7-9-1-4-11(5-2-9)18(19)20/h1-6,8,14H,7H2. The van der Waals surface area contributed by atoms with Crippen molar-refractivity contribution in [1.29, 1.82) is 0 Å². The third-order valence-corrected chi connectivity index (χ3v) is 4.64. The van der Waals surface area contributed by atoms with Crippen LogP contribution in [0.4, 0.5) is 5.69 Å². The fraction of sp³-hybridized carbons (Fsp3) is 0.143. The largest absolute Gasteiger partial charge is 0.269 e. The predicted octanol–water partition coefficient (Wildman–Crippen LogP) is 5.48. The molecule has 0 aromatic heterocycles. The zero-order valence-electron chi connectivity index (χ0n) is 10.2. The van der Waals surface area contributed by atoms with Crippen LogP contribution in [0.2, 0.25) is 0 Å². The average molecular weight is 466 g/mol. The summed E-state index contributed by atoms with van der Waals surface area (Å²) < 4.78 is 2.09. The molecule has 2 aromatic carbocycles. The first kappa shape index (κ1) is 15.7. The van der Waals surface area contributed by atoms with Gasteiger partial charge in [0.1, 0.15) is 0 Å². The lowest BCUT2D eigenvalue weighted by Crippen LogP contribution is -1.98. The van der Waals surface area contributed by atoms with Crippen LogP contribution in [-0.4, -0.2) is 4.92 Å². The summed E-state index contributed by atoms with van der Waals surface area (Å²) in [5.41, 5.74) is 2.09. The molecule has 20 heavy (non-hydrogen) atoms. The molecule has 0 aliphatic carbocycles. The van der Waals surface area contributed by atoms with Crippen molar-refractivity contribution >= 4 is 55.8 Å². The van der Waals surface area contributed by atoms with Crippen LogP contribution in [0.15, 0.2) is 46.9 Å². The first-order valence-corrected chi connectivity index (χ1v) is 8.10. The number of nitro groups is 1. The number of halogens is 3. The van der Waals surface area contributed by atoms with Gasteiger partial charge in [-0.3, -0.25) is 10.1 Å². The number of benzene rings is 2. The molecule has 2 rings (SSSR count). The van der Waals surface area contributed by atoms with Gasteiger partial charge in [-0.25, -0.2) is 0 Å². The van der Waals surface area contributed by atoms with E-state index in [9.17, 15) is 10.1 Å². The van der Waals surface area contributed by atoms with Crippen molar-refractivity contribution in [1.82, 2.24) is 0 Å². The van der Waals surface area contributed by atoms with Crippen LogP contribution >= 0.6 is 50.1 Å². The van der Waals surface area contributed by atoms with E-state index in [2.05, 4.69) is 38.5 Å². The summed E-state index contributed by atoms with van der Waals surface area (Å²) in [4.78, 5) is 10.2. The van der Waals surface area contributed by atoms with Crippen molar-refractivity contribution < 1.29 is 4.92 Å². The van der Waals surface area contributed by atoms with Crippen molar-refractivity contribution in [2.45, 2.75) is 11.8 Å². The molecule has 0 spiro atoms. The zero-order valence-corrected chi connectivity index (χ0v) is 14.7. The van der Waals surface area contributed by atoms with Gasteiger partial charge in [-0.2, -0.15) is 0 Å². The Balaban J connectivity index is 2.16. The van der Waals surface area contributed by atoms with Crippen molar-refractivity contribution in [3.05, 3.63) is 71.7 Å². The smallest absolute Gasteiger partial charge is 0.258 e. The topological polar surface area (TPSA) is 43.1 Å². The minimum Gasteiger partial charge on any atom is -0.258 e. The van der Waals surface area contributed by atoms with Gasteiger partial charge in [0.2, 0.25) is 0 Å². The quantitative estimate of drug-likeness (QED) is 0.259.